The van der Waals surface area contributed by atoms with Gasteiger partial charge in [-0.2, -0.15) is 0 Å². The topological polar surface area (TPSA) is 81.2 Å². The lowest BCUT2D eigenvalue weighted by Gasteiger charge is -2.07. The molecule has 0 aliphatic rings. The zero-order valence-corrected chi connectivity index (χ0v) is 12.1. The van der Waals surface area contributed by atoms with Crippen molar-refractivity contribution in [2.45, 2.75) is 0 Å². The maximum absolute atomic E-state index is 13.5. The average molecular weight is 354 g/mol. The number of halogens is 2. The lowest BCUT2D eigenvalue weighted by molar-refractivity contribution is -0.119. The molecule has 2 rings (SSSR count). The number of carbonyl (C=O) groups excluding carboxylic acids is 2. The Morgan fingerprint density at radius 2 is 2.14 bits per heavy atom. The molecule has 0 spiro atoms. The SMILES string of the molecule is O=C(COC(=O)c1cnccn1)Nc1ccc(Br)cc1F. The summed E-state index contributed by atoms with van der Waals surface area (Å²) in [7, 11) is 0. The summed E-state index contributed by atoms with van der Waals surface area (Å²) < 4.78 is 18.8. The molecule has 1 heterocycles. The van der Waals surface area contributed by atoms with Gasteiger partial charge in [0.2, 0.25) is 0 Å². The molecular weight excluding hydrogens is 345 g/mol. The highest BCUT2D eigenvalue weighted by Gasteiger charge is 2.12. The van der Waals surface area contributed by atoms with E-state index in [1.54, 1.807) is 6.07 Å². The van der Waals surface area contributed by atoms with Crippen LogP contribution in [0.15, 0.2) is 41.3 Å². The van der Waals surface area contributed by atoms with Crippen molar-refractivity contribution in [3.05, 3.63) is 52.8 Å². The Morgan fingerprint density at radius 1 is 1.33 bits per heavy atom. The van der Waals surface area contributed by atoms with Crippen LogP contribution in [0.25, 0.3) is 0 Å². The van der Waals surface area contributed by atoms with Gasteiger partial charge in [-0.1, -0.05) is 15.9 Å². The molecule has 0 saturated carbocycles. The Bertz CT molecular complexity index is 667. The van der Waals surface area contributed by atoms with Gasteiger partial charge in [0.05, 0.1) is 11.9 Å². The van der Waals surface area contributed by atoms with Gasteiger partial charge in [0.25, 0.3) is 5.91 Å². The number of hydrogen-bond donors (Lipinski definition) is 1. The zero-order valence-electron chi connectivity index (χ0n) is 10.5. The van der Waals surface area contributed by atoms with E-state index in [0.29, 0.717) is 4.47 Å². The highest BCUT2D eigenvalue weighted by Crippen LogP contribution is 2.19. The zero-order chi connectivity index (χ0) is 15.2. The molecule has 21 heavy (non-hydrogen) atoms. The summed E-state index contributed by atoms with van der Waals surface area (Å²) in [5.41, 5.74) is -0.0149. The summed E-state index contributed by atoms with van der Waals surface area (Å²) in [5, 5.41) is 2.30. The van der Waals surface area contributed by atoms with Crippen LogP contribution in [-0.4, -0.2) is 28.5 Å². The van der Waals surface area contributed by atoms with E-state index in [4.69, 9.17) is 4.74 Å². The molecule has 0 aliphatic carbocycles. The third kappa shape index (κ3) is 4.32. The van der Waals surface area contributed by atoms with Crippen LogP contribution in [0.2, 0.25) is 0 Å². The van der Waals surface area contributed by atoms with Crippen LogP contribution < -0.4 is 5.32 Å². The molecule has 1 amide bonds. The number of carbonyl (C=O) groups is 2. The minimum atomic E-state index is -0.783. The first-order valence-corrected chi connectivity index (χ1v) is 6.53. The summed E-state index contributed by atoms with van der Waals surface area (Å²) in [6, 6.07) is 4.17. The maximum Gasteiger partial charge on any atom is 0.359 e. The number of anilines is 1. The standard InChI is InChI=1S/C13H9BrFN3O3/c14-8-1-2-10(9(15)5-8)18-12(19)7-21-13(20)11-6-16-3-4-17-11/h1-6H,7H2,(H,18,19). The molecule has 0 unspecified atom stereocenters. The Kier molecular flexibility index (Phi) is 4.94. The average Bonchev–Trinajstić information content (AvgIpc) is 2.48. The van der Waals surface area contributed by atoms with Gasteiger partial charge >= 0.3 is 5.97 Å². The predicted octanol–water partition coefficient (Wildman–Crippen LogP) is 2.17. The van der Waals surface area contributed by atoms with E-state index in [1.165, 1.54) is 30.7 Å². The molecule has 2 aromatic rings. The van der Waals surface area contributed by atoms with Crippen LogP contribution in [-0.2, 0) is 9.53 Å². The highest BCUT2D eigenvalue weighted by molar-refractivity contribution is 9.10. The van der Waals surface area contributed by atoms with Crippen molar-refractivity contribution in [3.8, 4) is 0 Å². The number of amides is 1. The lowest BCUT2D eigenvalue weighted by atomic mass is 10.3. The van der Waals surface area contributed by atoms with E-state index in [0.717, 1.165) is 0 Å². The number of benzene rings is 1. The van der Waals surface area contributed by atoms with E-state index >= 15 is 0 Å². The molecule has 0 saturated heterocycles. The molecule has 108 valence electrons. The summed E-state index contributed by atoms with van der Waals surface area (Å²) in [6.45, 7) is -0.551. The predicted molar refractivity (Wildman–Crippen MR) is 75.0 cm³/mol. The number of nitrogens with one attached hydrogen (secondary N) is 1. The van der Waals surface area contributed by atoms with Gasteiger partial charge in [-0.3, -0.25) is 9.78 Å². The van der Waals surface area contributed by atoms with Crippen molar-refractivity contribution >= 4 is 33.5 Å². The molecule has 8 heteroatoms. The molecule has 1 aromatic carbocycles. The molecule has 6 nitrogen and oxygen atoms in total. The van der Waals surface area contributed by atoms with Crippen molar-refractivity contribution in [2.24, 2.45) is 0 Å². The number of hydrogen-bond acceptors (Lipinski definition) is 5. The monoisotopic (exact) mass is 353 g/mol. The summed E-state index contributed by atoms with van der Waals surface area (Å²) in [5.74, 6) is -2.04. The van der Waals surface area contributed by atoms with Gasteiger partial charge in [0, 0.05) is 16.9 Å². The normalized spacial score (nSPS) is 10.0. The fraction of sp³-hybridized carbons (Fsp3) is 0.0769. The summed E-state index contributed by atoms with van der Waals surface area (Å²) >= 11 is 3.10. The van der Waals surface area contributed by atoms with E-state index < -0.39 is 24.3 Å². The first-order chi connectivity index (χ1) is 10.1. The van der Waals surface area contributed by atoms with Crippen LogP contribution in [0.5, 0.6) is 0 Å². The second-order valence-electron chi connectivity index (χ2n) is 3.84. The number of aromatic nitrogens is 2. The molecule has 0 atom stereocenters. The molecule has 1 N–H and O–H groups in total. The number of nitrogens with zero attached hydrogens (tertiary/aromatic N) is 2. The van der Waals surface area contributed by atoms with Gasteiger partial charge in [-0.15, -0.1) is 0 Å². The van der Waals surface area contributed by atoms with Crippen molar-refractivity contribution < 1.29 is 18.7 Å². The second kappa shape index (κ2) is 6.89. The Hall–Kier alpha value is -2.35. The minimum absolute atomic E-state index is 0.00116. The maximum atomic E-state index is 13.5. The molecule has 0 aliphatic heterocycles. The van der Waals surface area contributed by atoms with Gasteiger partial charge in [-0.05, 0) is 18.2 Å². The third-order valence-corrected chi connectivity index (χ3v) is 2.81. The van der Waals surface area contributed by atoms with Crippen LogP contribution in [0.4, 0.5) is 10.1 Å². The molecule has 0 fully saturated rings. The van der Waals surface area contributed by atoms with Gasteiger partial charge in [0.15, 0.2) is 12.3 Å². The van der Waals surface area contributed by atoms with Crippen LogP contribution in [0.3, 0.4) is 0 Å². The van der Waals surface area contributed by atoms with Gasteiger partial charge in [0.1, 0.15) is 5.82 Å². The molecule has 0 radical (unpaired) electrons. The number of ether oxygens (including phenoxy) is 1. The smallest absolute Gasteiger partial charge is 0.359 e. The molecule has 0 bridgehead atoms. The van der Waals surface area contributed by atoms with Crippen molar-refractivity contribution in [3.63, 3.8) is 0 Å². The Balaban J connectivity index is 1.89. The third-order valence-electron chi connectivity index (χ3n) is 2.31. The first-order valence-electron chi connectivity index (χ1n) is 5.74. The van der Waals surface area contributed by atoms with Crippen molar-refractivity contribution in [1.29, 1.82) is 0 Å². The quantitative estimate of drug-likeness (QED) is 0.852. The fourth-order valence-corrected chi connectivity index (χ4v) is 1.72. The Labute approximate surface area is 127 Å². The highest BCUT2D eigenvalue weighted by atomic mass is 79.9. The van der Waals surface area contributed by atoms with E-state index in [-0.39, 0.29) is 11.4 Å². The second-order valence-corrected chi connectivity index (χ2v) is 4.75. The largest absolute Gasteiger partial charge is 0.451 e. The van der Waals surface area contributed by atoms with Gasteiger partial charge in [-0.25, -0.2) is 14.2 Å². The van der Waals surface area contributed by atoms with Crippen molar-refractivity contribution in [2.75, 3.05) is 11.9 Å². The molecule has 1 aromatic heterocycles. The van der Waals surface area contributed by atoms with E-state index in [9.17, 15) is 14.0 Å². The lowest BCUT2D eigenvalue weighted by Crippen LogP contribution is -2.21. The summed E-state index contributed by atoms with van der Waals surface area (Å²) in [4.78, 5) is 30.5. The first kappa shape index (κ1) is 15.0. The van der Waals surface area contributed by atoms with Gasteiger partial charge < -0.3 is 10.1 Å². The van der Waals surface area contributed by atoms with Crippen LogP contribution in [0, 0.1) is 5.82 Å². The van der Waals surface area contributed by atoms with Crippen LogP contribution in [0.1, 0.15) is 10.5 Å². The number of rotatable bonds is 4. The van der Waals surface area contributed by atoms with Crippen molar-refractivity contribution in [1.82, 2.24) is 9.97 Å². The Morgan fingerprint density at radius 3 is 2.81 bits per heavy atom. The van der Waals surface area contributed by atoms with Crippen LogP contribution >= 0.6 is 15.9 Å². The fourth-order valence-electron chi connectivity index (χ4n) is 1.39. The minimum Gasteiger partial charge on any atom is -0.451 e. The molecular formula is C13H9BrFN3O3. The van der Waals surface area contributed by atoms with E-state index in [2.05, 4.69) is 31.2 Å². The summed E-state index contributed by atoms with van der Waals surface area (Å²) in [6.07, 6.45) is 3.95. The number of esters is 1. The van der Waals surface area contributed by atoms with E-state index in [1.807, 2.05) is 0 Å².